The van der Waals surface area contributed by atoms with E-state index in [9.17, 15) is 14.4 Å². The summed E-state index contributed by atoms with van der Waals surface area (Å²) in [4.78, 5) is 34.7. The fourth-order valence-electron chi connectivity index (χ4n) is 2.12. The average Bonchev–Trinajstić information content (AvgIpc) is 2.48. The molecule has 0 aliphatic carbocycles. The van der Waals surface area contributed by atoms with Crippen LogP contribution >= 0.6 is 0 Å². The number of amides is 3. The molecule has 0 atom stereocenters. The van der Waals surface area contributed by atoms with Gasteiger partial charge < -0.3 is 16.0 Å². The van der Waals surface area contributed by atoms with Crippen molar-refractivity contribution in [3.63, 3.8) is 0 Å². The Hall–Kier alpha value is -3.15. The molecule has 0 aliphatic rings. The first-order valence-electron chi connectivity index (χ1n) is 7.46. The molecule has 0 saturated heterocycles. The third kappa shape index (κ3) is 5.57. The van der Waals surface area contributed by atoms with Gasteiger partial charge in [0, 0.05) is 24.0 Å². The number of rotatable bonds is 5. The molecule has 3 amide bonds. The fourth-order valence-corrected chi connectivity index (χ4v) is 2.12. The van der Waals surface area contributed by atoms with Gasteiger partial charge in [-0.15, -0.1) is 0 Å². The summed E-state index contributed by atoms with van der Waals surface area (Å²) in [5.74, 6) is -0.958. The first-order valence-corrected chi connectivity index (χ1v) is 7.46. The highest BCUT2D eigenvalue weighted by atomic mass is 16.2. The van der Waals surface area contributed by atoms with E-state index in [0.717, 1.165) is 5.56 Å². The summed E-state index contributed by atoms with van der Waals surface area (Å²) in [6, 6.07) is 14.0. The molecule has 2 rings (SSSR count). The maximum absolute atomic E-state index is 11.9. The lowest BCUT2D eigenvalue weighted by atomic mass is 10.2. The van der Waals surface area contributed by atoms with Gasteiger partial charge in [-0.25, -0.2) is 0 Å². The summed E-state index contributed by atoms with van der Waals surface area (Å²) in [6.07, 6.45) is -0.276. The van der Waals surface area contributed by atoms with E-state index >= 15 is 0 Å². The zero-order valence-corrected chi connectivity index (χ0v) is 13.6. The van der Waals surface area contributed by atoms with E-state index in [4.69, 9.17) is 0 Å². The number of nitrogens with one attached hydrogen (secondary N) is 3. The van der Waals surface area contributed by atoms with Crippen LogP contribution in [0, 0.1) is 6.92 Å². The number of benzene rings is 2. The van der Waals surface area contributed by atoms with E-state index in [0.29, 0.717) is 17.1 Å². The van der Waals surface area contributed by atoms with Gasteiger partial charge in [-0.05, 0) is 48.9 Å². The second-order valence-electron chi connectivity index (χ2n) is 5.40. The minimum Gasteiger partial charge on any atom is -0.326 e. The quantitative estimate of drug-likeness (QED) is 0.739. The highest BCUT2D eigenvalue weighted by Crippen LogP contribution is 2.14. The van der Waals surface area contributed by atoms with Crippen LogP contribution in [-0.4, -0.2) is 17.7 Å². The number of carbonyl (C=O) groups is 3. The van der Waals surface area contributed by atoms with Gasteiger partial charge in [0.2, 0.25) is 17.7 Å². The molecule has 0 saturated carbocycles. The van der Waals surface area contributed by atoms with E-state index < -0.39 is 5.91 Å². The van der Waals surface area contributed by atoms with E-state index in [-0.39, 0.29) is 18.2 Å². The van der Waals surface area contributed by atoms with Crippen LogP contribution in [0.3, 0.4) is 0 Å². The Morgan fingerprint density at radius 3 is 1.88 bits per heavy atom. The maximum Gasteiger partial charge on any atom is 0.233 e. The number of anilines is 3. The van der Waals surface area contributed by atoms with Gasteiger partial charge in [-0.2, -0.15) is 0 Å². The molecular weight excluding hydrogens is 306 g/mol. The second kappa shape index (κ2) is 7.92. The molecule has 6 heteroatoms. The lowest BCUT2D eigenvalue weighted by Crippen LogP contribution is -2.21. The SMILES string of the molecule is CC(=O)Nc1ccc(NC(=O)CC(=O)Nc2cccc(C)c2)cc1. The van der Waals surface area contributed by atoms with E-state index in [1.165, 1.54) is 6.92 Å². The molecule has 2 aromatic carbocycles. The number of hydrogen-bond acceptors (Lipinski definition) is 3. The van der Waals surface area contributed by atoms with Gasteiger partial charge in [0.05, 0.1) is 0 Å². The van der Waals surface area contributed by atoms with Crippen molar-refractivity contribution in [1.82, 2.24) is 0 Å². The molecule has 3 N–H and O–H groups in total. The predicted octanol–water partition coefficient (Wildman–Crippen LogP) is 2.92. The molecule has 2 aromatic rings. The van der Waals surface area contributed by atoms with Crippen molar-refractivity contribution in [2.45, 2.75) is 20.3 Å². The Balaban J connectivity index is 1.86. The molecule has 0 fully saturated rings. The Morgan fingerprint density at radius 1 is 0.792 bits per heavy atom. The van der Waals surface area contributed by atoms with Crippen LogP contribution in [0.15, 0.2) is 48.5 Å². The minimum atomic E-state index is -0.410. The van der Waals surface area contributed by atoms with E-state index in [2.05, 4.69) is 16.0 Å². The monoisotopic (exact) mass is 325 g/mol. The largest absolute Gasteiger partial charge is 0.326 e. The van der Waals surface area contributed by atoms with Crippen molar-refractivity contribution < 1.29 is 14.4 Å². The van der Waals surface area contributed by atoms with Gasteiger partial charge in [-0.3, -0.25) is 14.4 Å². The molecule has 124 valence electrons. The summed E-state index contributed by atoms with van der Waals surface area (Å²) in [6.45, 7) is 3.34. The summed E-state index contributed by atoms with van der Waals surface area (Å²) in [5, 5.41) is 7.95. The molecule has 6 nitrogen and oxygen atoms in total. The molecule has 0 spiro atoms. The van der Waals surface area contributed by atoms with Crippen molar-refractivity contribution in [2.24, 2.45) is 0 Å². The van der Waals surface area contributed by atoms with Crippen LogP contribution in [0.4, 0.5) is 17.1 Å². The van der Waals surface area contributed by atoms with Crippen LogP contribution in [0.1, 0.15) is 18.9 Å². The van der Waals surface area contributed by atoms with Gasteiger partial charge >= 0.3 is 0 Å². The zero-order valence-electron chi connectivity index (χ0n) is 13.6. The Morgan fingerprint density at radius 2 is 1.33 bits per heavy atom. The van der Waals surface area contributed by atoms with Crippen molar-refractivity contribution >= 4 is 34.8 Å². The lowest BCUT2D eigenvalue weighted by Gasteiger charge is -2.08. The van der Waals surface area contributed by atoms with Crippen molar-refractivity contribution in [3.8, 4) is 0 Å². The van der Waals surface area contributed by atoms with Crippen molar-refractivity contribution in [1.29, 1.82) is 0 Å². The third-order valence-electron chi connectivity index (χ3n) is 3.11. The van der Waals surface area contributed by atoms with Crippen LogP contribution in [0.25, 0.3) is 0 Å². The Bertz CT molecular complexity index is 754. The van der Waals surface area contributed by atoms with E-state index in [1.807, 2.05) is 25.1 Å². The van der Waals surface area contributed by atoms with Crippen LogP contribution < -0.4 is 16.0 Å². The summed E-state index contributed by atoms with van der Waals surface area (Å²) in [5.41, 5.74) is 2.87. The standard InChI is InChI=1S/C18H19N3O3/c1-12-4-3-5-16(10-12)21-18(24)11-17(23)20-15-8-6-14(7-9-15)19-13(2)22/h3-10H,11H2,1-2H3,(H,19,22)(H,20,23)(H,21,24). The molecule has 0 unspecified atom stereocenters. The molecule has 0 aliphatic heterocycles. The van der Waals surface area contributed by atoms with Crippen molar-refractivity contribution in [3.05, 3.63) is 54.1 Å². The summed E-state index contributed by atoms with van der Waals surface area (Å²) in [7, 11) is 0. The Kier molecular flexibility index (Phi) is 5.68. The zero-order chi connectivity index (χ0) is 17.5. The predicted molar refractivity (Wildman–Crippen MR) is 93.8 cm³/mol. The van der Waals surface area contributed by atoms with Crippen LogP contribution in [-0.2, 0) is 14.4 Å². The Labute approximate surface area is 140 Å². The maximum atomic E-state index is 11.9. The van der Waals surface area contributed by atoms with Crippen LogP contribution in [0.2, 0.25) is 0 Å². The molecule has 0 radical (unpaired) electrons. The molecule has 0 heterocycles. The molecule has 24 heavy (non-hydrogen) atoms. The lowest BCUT2D eigenvalue weighted by molar-refractivity contribution is -0.123. The number of hydrogen-bond donors (Lipinski definition) is 3. The highest BCUT2D eigenvalue weighted by molar-refractivity contribution is 6.08. The topological polar surface area (TPSA) is 87.3 Å². The summed E-state index contributed by atoms with van der Waals surface area (Å²) < 4.78 is 0. The van der Waals surface area contributed by atoms with Gasteiger partial charge in [-0.1, -0.05) is 12.1 Å². The third-order valence-corrected chi connectivity index (χ3v) is 3.11. The first kappa shape index (κ1) is 17.2. The molecule has 0 aromatic heterocycles. The number of aryl methyl sites for hydroxylation is 1. The highest BCUT2D eigenvalue weighted by Gasteiger charge is 2.10. The van der Waals surface area contributed by atoms with Gasteiger partial charge in [0.1, 0.15) is 6.42 Å². The van der Waals surface area contributed by atoms with Crippen LogP contribution in [0.5, 0.6) is 0 Å². The second-order valence-corrected chi connectivity index (χ2v) is 5.40. The summed E-state index contributed by atoms with van der Waals surface area (Å²) >= 11 is 0. The van der Waals surface area contributed by atoms with Crippen molar-refractivity contribution in [2.75, 3.05) is 16.0 Å². The minimum absolute atomic E-state index is 0.167. The smallest absolute Gasteiger partial charge is 0.233 e. The van der Waals surface area contributed by atoms with Gasteiger partial charge in [0.15, 0.2) is 0 Å². The average molecular weight is 325 g/mol. The number of carbonyl (C=O) groups excluding carboxylic acids is 3. The van der Waals surface area contributed by atoms with Gasteiger partial charge in [0.25, 0.3) is 0 Å². The van der Waals surface area contributed by atoms with E-state index in [1.54, 1.807) is 30.3 Å². The fraction of sp³-hybridized carbons (Fsp3) is 0.167. The molecular formula is C18H19N3O3. The first-order chi connectivity index (χ1) is 11.4. The normalized spacial score (nSPS) is 9.92. The molecule has 0 bridgehead atoms.